The summed E-state index contributed by atoms with van der Waals surface area (Å²) < 4.78 is 30.1. The second kappa shape index (κ2) is 7.66. The number of rotatable bonds is 6. The van der Waals surface area contributed by atoms with Gasteiger partial charge in [-0.05, 0) is 48.4 Å². The van der Waals surface area contributed by atoms with Crippen molar-refractivity contribution in [2.45, 2.75) is 18.2 Å². The number of ether oxygens (including phenoxy) is 1. The minimum Gasteiger partial charge on any atom is -0.497 e. The van der Waals surface area contributed by atoms with Crippen LogP contribution in [0, 0.1) is 11.3 Å². The Bertz CT molecular complexity index is 862. The van der Waals surface area contributed by atoms with Gasteiger partial charge in [-0.25, -0.2) is 8.42 Å². The molecule has 0 bridgehead atoms. The molecule has 0 saturated heterocycles. The molecule has 2 aromatic rings. The van der Waals surface area contributed by atoms with Crippen molar-refractivity contribution < 1.29 is 13.2 Å². The Morgan fingerprint density at radius 1 is 1.17 bits per heavy atom. The molecule has 0 spiro atoms. The molecular formula is C18H18N2O3S. The van der Waals surface area contributed by atoms with Crippen molar-refractivity contribution >= 4 is 15.5 Å². The zero-order valence-electron chi connectivity index (χ0n) is 13.5. The third kappa shape index (κ3) is 3.94. The predicted octanol–water partition coefficient (Wildman–Crippen LogP) is 3.51. The number of nitrogens with zero attached hydrogens (tertiary/aromatic N) is 1. The van der Waals surface area contributed by atoms with Crippen LogP contribution in [0.5, 0.6) is 5.75 Å². The van der Waals surface area contributed by atoms with Gasteiger partial charge in [0.1, 0.15) is 11.8 Å². The molecule has 0 aromatic heterocycles. The number of methoxy groups -OCH3 is 1. The molecule has 0 radical (unpaired) electrons. The molecule has 0 aliphatic heterocycles. The molecule has 1 N–H and O–H groups in total. The molecule has 0 atom stereocenters. The molecule has 24 heavy (non-hydrogen) atoms. The summed E-state index contributed by atoms with van der Waals surface area (Å²) in [5.41, 5.74) is 1.69. The lowest BCUT2D eigenvalue weighted by molar-refractivity contribution is 0.415. The van der Waals surface area contributed by atoms with Crippen LogP contribution >= 0.6 is 0 Å². The van der Waals surface area contributed by atoms with Crippen LogP contribution in [-0.4, -0.2) is 15.5 Å². The Morgan fingerprint density at radius 2 is 1.79 bits per heavy atom. The van der Waals surface area contributed by atoms with Gasteiger partial charge in [0.05, 0.1) is 12.0 Å². The maximum absolute atomic E-state index is 12.5. The molecule has 0 fully saturated rings. The van der Waals surface area contributed by atoms with Crippen LogP contribution in [0.1, 0.15) is 12.5 Å². The molecular weight excluding hydrogens is 324 g/mol. The van der Waals surface area contributed by atoms with Gasteiger partial charge in [0.15, 0.2) is 4.91 Å². The van der Waals surface area contributed by atoms with E-state index in [1.807, 2.05) is 6.92 Å². The maximum atomic E-state index is 12.5. The SMILES string of the molecule is CCc1ccc(S(=O)(=O)/C(C#N)=C/Nc2ccc(OC)cc2)cc1. The summed E-state index contributed by atoms with van der Waals surface area (Å²) >= 11 is 0. The molecule has 0 aliphatic rings. The Labute approximate surface area is 142 Å². The quantitative estimate of drug-likeness (QED) is 0.813. The fourth-order valence-corrected chi connectivity index (χ4v) is 3.12. The van der Waals surface area contributed by atoms with Gasteiger partial charge in [0.2, 0.25) is 9.84 Å². The minimum atomic E-state index is -3.85. The fraction of sp³-hybridized carbons (Fsp3) is 0.167. The van der Waals surface area contributed by atoms with E-state index in [2.05, 4.69) is 5.32 Å². The van der Waals surface area contributed by atoms with Crippen LogP contribution in [-0.2, 0) is 16.3 Å². The summed E-state index contributed by atoms with van der Waals surface area (Å²) in [6.45, 7) is 1.99. The zero-order chi connectivity index (χ0) is 17.6. The number of hydrogen-bond acceptors (Lipinski definition) is 5. The van der Waals surface area contributed by atoms with Crippen molar-refractivity contribution in [2.75, 3.05) is 12.4 Å². The lowest BCUT2D eigenvalue weighted by atomic mass is 10.2. The highest BCUT2D eigenvalue weighted by Crippen LogP contribution is 2.21. The lowest BCUT2D eigenvalue weighted by Gasteiger charge is -2.06. The number of nitrogens with one attached hydrogen (secondary N) is 1. The predicted molar refractivity (Wildman–Crippen MR) is 93.3 cm³/mol. The van der Waals surface area contributed by atoms with Gasteiger partial charge in [0, 0.05) is 11.9 Å². The van der Waals surface area contributed by atoms with Crippen LogP contribution in [0.4, 0.5) is 5.69 Å². The normalized spacial score (nSPS) is 11.6. The van der Waals surface area contributed by atoms with Crippen LogP contribution in [0.2, 0.25) is 0 Å². The lowest BCUT2D eigenvalue weighted by Crippen LogP contribution is -2.05. The molecule has 0 unspecified atom stereocenters. The Kier molecular flexibility index (Phi) is 5.61. The molecule has 2 rings (SSSR count). The first-order valence-corrected chi connectivity index (χ1v) is 8.84. The van der Waals surface area contributed by atoms with E-state index >= 15 is 0 Å². The van der Waals surface area contributed by atoms with Crippen molar-refractivity contribution in [3.05, 3.63) is 65.2 Å². The van der Waals surface area contributed by atoms with Crippen LogP contribution in [0.15, 0.2) is 64.5 Å². The van der Waals surface area contributed by atoms with Gasteiger partial charge in [0.25, 0.3) is 0 Å². The van der Waals surface area contributed by atoms with Crippen LogP contribution < -0.4 is 10.1 Å². The Morgan fingerprint density at radius 3 is 2.29 bits per heavy atom. The third-order valence-corrected chi connectivity index (χ3v) is 5.18. The first-order valence-electron chi connectivity index (χ1n) is 7.36. The molecule has 2 aromatic carbocycles. The topological polar surface area (TPSA) is 79.2 Å². The van der Waals surface area contributed by atoms with Gasteiger partial charge < -0.3 is 10.1 Å². The van der Waals surface area contributed by atoms with E-state index in [1.165, 1.54) is 18.3 Å². The summed E-state index contributed by atoms with van der Waals surface area (Å²) in [7, 11) is -2.28. The largest absolute Gasteiger partial charge is 0.497 e. The van der Waals surface area contributed by atoms with E-state index in [9.17, 15) is 13.7 Å². The summed E-state index contributed by atoms with van der Waals surface area (Å²) in [4.78, 5) is -0.244. The number of nitriles is 1. The molecule has 5 nitrogen and oxygen atoms in total. The average molecular weight is 342 g/mol. The van der Waals surface area contributed by atoms with Crippen molar-refractivity contribution in [3.63, 3.8) is 0 Å². The number of allylic oxidation sites excluding steroid dienone is 1. The first kappa shape index (κ1) is 17.6. The van der Waals surface area contributed by atoms with Crippen molar-refractivity contribution in [1.29, 1.82) is 5.26 Å². The molecule has 0 heterocycles. The minimum absolute atomic E-state index is 0.101. The van der Waals surface area contributed by atoms with E-state index < -0.39 is 9.84 Å². The molecule has 0 aliphatic carbocycles. The molecule has 6 heteroatoms. The van der Waals surface area contributed by atoms with Gasteiger partial charge in [-0.1, -0.05) is 19.1 Å². The number of aryl methyl sites for hydroxylation is 1. The van der Waals surface area contributed by atoms with Crippen LogP contribution in [0.25, 0.3) is 0 Å². The smallest absolute Gasteiger partial charge is 0.218 e. The number of sulfone groups is 1. The second-order valence-corrected chi connectivity index (χ2v) is 6.91. The van der Waals surface area contributed by atoms with E-state index in [1.54, 1.807) is 49.6 Å². The Hall–Kier alpha value is -2.78. The first-order chi connectivity index (χ1) is 11.5. The van der Waals surface area contributed by atoms with Gasteiger partial charge in [-0.3, -0.25) is 0 Å². The maximum Gasteiger partial charge on any atom is 0.218 e. The highest BCUT2D eigenvalue weighted by atomic mass is 32.2. The summed E-state index contributed by atoms with van der Waals surface area (Å²) in [5, 5.41) is 12.1. The second-order valence-electron chi connectivity index (χ2n) is 4.99. The molecule has 0 amide bonds. The summed E-state index contributed by atoms with van der Waals surface area (Å²) in [5.74, 6) is 0.689. The van der Waals surface area contributed by atoms with Crippen LogP contribution in [0.3, 0.4) is 0 Å². The summed E-state index contributed by atoms with van der Waals surface area (Å²) in [6.07, 6.45) is 2.02. The van der Waals surface area contributed by atoms with Gasteiger partial charge in [-0.2, -0.15) is 5.26 Å². The summed E-state index contributed by atoms with van der Waals surface area (Å²) in [6, 6.07) is 15.2. The fourth-order valence-electron chi connectivity index (χ4n) is 2.04. The van der Waals surface area contributed by atoms with Gasteiger partial charge in [-0.15, -0.1) is 0 Å². The molecule has 124 valence electrons. The highest BCUT2D eigenvalue weighted by Gasteiger charge is 2.20. The standard InChI is InChI=1S/C18H18N2O3S/c1-3-14-4-10-17(11-5-14)24(21,22)18(12-19)13-20-15-6-8-16(23-2)9-7-15/h4-11,13,20H,3H2,1-2H3/b18-13+. The zero-order valence-corrected chi connectivity index (χ0v) is 14.3. The van der Waals surface area contributed by atoms with E-state index in [4.69, 9.17) is 4.74 Å². The monoisotopic (exact) mass is 342 g/mol. The average Bonchev–Trinajstić information content (AvgIpc) is 2.62. The van der Waals surface area contributed by atoms with Crippen molar-refractivity contribution in [2.24, 2.45) is 0 Å². The highest BCUT2D eigenvalue weighted by molar-refractivity contribution is 7.95. The van der Waals surface area contributed by atoms with E-state index in [0.29, 0.717) is 11.4 Å². The van der Waals surface area contributed by atoms with E-state index in [0.717, 1.165) is 12.0 Å². The molecule has 0 saturated carbocycles. The number of anilines is 1. The third-order valence-electron chi connectivity index (χ3n) is 3.50. The Balaban J connectivity index is 2.25. The van der Waals surface area contributed by atoms with Crippen molar-refractivity contribution in [3.8, 4) is 11.8 Å². The number of hydrogen-bond donors (Lipinski definition) is 1. The van der Waals surface area contributed by atoms with Gasteiger partial charge >= 0.3 is 0 Å². The number of benzene rings is 2. The van der Waals surface area contributed by atoms with Crippen molar-refractivity contribution in [1.82, 2.24) is 0 Å². The van der Waals surface area contributed by atoms with E-state index in [-0.39, 0.29) is 9.80 Å².